The molecule has 2 N–H and O–H groups in total. The minimum atomic E-state index is -4.09. The highest BCUT2D eigenvalue weighted by Crippen LogP contribution is 2.39. The first-order valence-corrected chi connectivity index (χ1v) is 8.86. The van der Waals surface area contributed by atoms with Gasteiger partial charge >= 0.3 is 6.18 Å². The van der Waals surface area contributed by atoms with Crippen LogP contribution in [0.4, 0.5) is 13.2 Å². The molecule has 1 saturated carbocycles. The average Bonchev–Trinajstić information content (AvgIpc) is 3.11. The van der Waals surface area contributed by atoms with Crippen LogP contribution >= 0.6 is 24.0 Å². The second-order valence-corrected chi connectivity index (χ2v) is 6.73. The van der Waals surface area contributed by atoms with Gasteiger partial charge in [0.25, 0.3) is 0 Å². The van der Waals surface area contributed by atoms with Gasteiger partial charge in [0.05, 0.1) is 5.92 Å². The van der Waals surface area contributed by atoms with E-state index in [-0.39, 0.29) is 49.5 Å². The Hall–Kier alpha value is -1.39. The largest absolute Gasteiger partial charge is 0.454 e. The van der Waals surface area contributed by atoms with Gasteiger partial charge in [0.15, 0.2) is 17.5 Å². The van der Waals surface area contributed by atoms with Gasteiger partial charge in [0, 0.05) is 25.7 Å². The molecule has 152 valence electrons. The molecule has 0 spiro atoms. The maximum atomic E-state index is 12.9. The molecule has 27 heavy (non-hydrogen) atoms. The van der Waals surface area contributed by atoms with Crippen molar-refractivity contribution in [1.29, 1.82) is 0 Å². The van der Waals surface area contributed by atoms with Crippen molar-refractivity contribution in [2.75, 3.05) is 20.4 Å². The van der Waals surface area contributed by atoms with Gasteiger partial charge in [0.1, 0.15) is 0 Å². The van der Waals surface area contributed by atoms with Crippen molar-refractivity contribution in [3.8, 4) is 11.5 Å². The van der Waals surface area contributed by atoms with Crippen LogP contribution in [0.2, 0.25) is 0 Å². The molecule has 2 aliphatic rings. The molecule has 1 aliphatic heterocycles. The van der Waals surface area contributed by atoms with Crippen LogP contribution in [0, 0.1) is 11.8 Å². The van der Waals surface area contributed by atoms with Crippen LogP contribution in [0.1, 0.15) is 31.2 Å². The van der Waals surface area contributed by atoms with Crippen molar-refractivity contribution in [2.24, 2.45) is 16.8 Å². The second-order valence-electron chi connectivity index (χ2n) is 6.73. The van der Waals surface area contributed by atoms with Gasteiger partial charge < -0.3 is 20.1 Å². The Morgan fingerprint density at radius 3 is 2.78 bits per heavy atom. The van der Waals surface area contributed by atoms with Crippen LogP contribution in [0.5, 0.6) is 11.5 Å². The number of benzene rings is 1. The molecule has 1 heterocycles. The number of rotatable bonds is 4. The third-order valence-corrected chi connectivity index (χ3v) is 4.95. The summed E-state index contributed by atoms with van der Waals surface area (Å²) in [6, 6.07) is 5.67. The first kappa shape index (κ1) is 21.9. The summed E-state index contributed by atoms with van der Waals surface area (Å²) in [5.41, 5.74) is 0.942. The van der Waals surface area contributed by atoms with E-state index < -0.39 is 12.1 Å². The van der Waals surface area contributed by atoms with E-state index in [2.05, 4.69) is 15.6 Å². The Balaban J connectivity index is 0.00000261. The molecule has 0 bridgehead atoms. The molecule has 1 aliphatic carbocycles. The molecule has 1 aromatic carbocycles. The number of alkyl halides is 3. The number of aliphatic imine (C=N–C) groups is 1. The Morgan fingerprint density at radius 1 is 1.22 bits per heavy atom. The van der Waals surface area contributed by atoms with E-state index in [1.807, 2.05) is 18.2 Å². The molecular formula is C18H25F3IN3O2. The monoisotopic (exact) mass is 499 g/mol. The fourth-order valence-corrected chi connectivity index (χ4v) is 3.54. The Labute approximate surface area is 174 Å². The van der Waals surface area contributed by atoms with Crippen molar-refractivity contribution in [1.82, 2.24) is 10.6 Å². The predicted octanol–water partition coefficient (Wildman–Crippen LogP) is 4.07. The van der Waals surface area contributed by atoms with Crippen molar-refractivity contribution in [3.63, 3.8) is 0 Å². The number of ether oxygens (including phenoxy) is 2. The highest BCUT2D eigenvalue weighted by molar-refractivity contribution is 14.0. The molecular weight excluding hydrogens is 474 g/mol. The summed E-state index contributed by atoms with van der Waals surface area (Å²) < 4.78 is 49.6. The van der Waals surface area contributed by atoms with Gasteiger partial charge in [-0.05, 0) is 31.2 Å². The molecule has 0 radical (unpaired) electrons. The molecule has 9 heteroatoms. The highest BCUT2D eigenvalue weighted by atomic mass is 127. The molecule has 5 nitrogen and oxygen atoms in total. The molecule has 3 rings (SSSR count). The first-order valence-electron chi connectivity index (χ1n) is 8.86. The SMILES string of the molecule is CN=C(NCc1cccc2c1OCO2)NCC1CCCC(C(F)(F)F)C1.I. The number of fused-ring (bicyclic) bond motifs is 1. The molecule has 1 fully saturated rings. The average molecular weight is 499 g/mol. The van der Waals surface area contributed by atoms with E-state index in [9.17, 15) is 13.2 Å². The lowest BCUT2D eigenvalue weighted by Gasteiger charge is -2.31. The highest BCUT2D eigenvalue weighted by Gasteiger charge is 2.42. The van der Waals surface area contributed by atoms with Gasteiger partial charge in [-0.25, -0.2) is 0 Å². The number of hydrogen-bond donors (Lipinski definition) is 2. The summed E-state index contributed by atoms with van der Waals surface area (Å²) in [6.07, 6.45) is -2.22. The van der Waals surface area contributed by atoms with E-state index in [0.717, 1.165) is 17.7 Å². The maximum absolute atomic E-state index is 12.9. The molecule has 0 aromatic heterocycles. The third kappa shape index (κ3) is 5.79. The van der Waals surface area contributed by atoms with E-state index in [1.54, 1.807) is 7.05 Å². The number of hydrogen-bond acceptors (Lipinski definition) is 3. The lowest BCUT2D eigenvalue weighted by molar-refractivity contribution is -0.185. The summed E-state index contributed by atoms with van der Waals surface area (Å²) in [6.45, 7) is 1.18. The van der Waals surface area contributed by atoms with E-state index >= 15 is 0 Å². The van der Waals surface area contributed by atoms with Crippen molar-refractivity contribution in [3.05, 3.63) is 23.8 Å². The number of nitrogens with zero attached hydrogens (tertiary/aromatic N) is 1. The first-order chi connectivity index (χ1) is 12.5. The lowest BCUT2D eigenvalue weighted by Crippen LogP contribution is -2.41. The summed E-state index contributed by atoms with van der Waals surface area (Å²) in [5.74, 6) is 0.827. The molecule has 1 aromatic rings. The van der Waals surface area contributed by atoms with Gasteiger partial charge in [-0.2, -0.15) is 13.2 Å². The van der Waals surface area contributed by atoms with Crippen LogP contribution in [0.3, 0.4) is 0 Å². The minimum absolute atomic E-state index is 0. The summed E-state index contributed by atoms with van der Waals surface area (Å²) in [5, 5.41) is 6.33. The zero-order valence-electron chi connectivity index (χ0n) is 15.1. The number of halogens is 4. The van der Waals surface area contributed by atoms with Crippen LogP contribution in [-0.2, 0) is 6.54 Å². The Morgan fingerprint density at radius 2 is 2.04 bits per heavy atom. The Bertz CT molecular complexity index is 655. The molecule has 0 amide bonds. The van der Waals surface area contributed by atoms with Crippen molar-refractivity contribution >= 4 is 29.9 Å². The fraction of sp³-hybridized carbons (Fsp3) is 0.611. The zero-order chi connectivity index (χ0) is 18.6. The number of nitrogens with one attached hydrogen (secondary N) is 2. The summed E-state index contributed by atoms with van der Waals surface area (Å²) in [7, 11) is 1.64. The smallest absolute Gasteiger partial charge is 0.391 e. The molecule has 0 saturated heterocycles. The fourth-order valence-electron chi connectivity index (χ4n) is 3.54. The molecule has 2 atom stereocenters. The van der Waals surface area contributed by atoms with Gasteiger partial charge in [-0.1, -0.05) is 18.6 Å². The zero-order valence-corrected chi connectivity index (χ0v) is 17.5. The standard InChI is InChI=1S/C18H24F3N3O2.HI/c1-22-17(23-9-12-4-2-6-14(8-12)18(19,20)21)24-10-13-5-3-7-15-16(13)26-11-25-15;/h3,5,7,12,14H,2,4,6,8-11H2,1H3,(H2,22,23,24);1H. The van der Waals surface area contributed by atoms with Crippen LogP contribution in [0.15, 0.2) is 23.2 Å². The number of guanidine groups is 1. The predicted molar refractivity (Wildman–Crippen MR) is 108 cm³/mol. The van der Waals surface area contributed by atoms with Crippen molar-refractivity contribution in [2.45, 2.75) is 38.4 Å². The van der Waals surface area contributed by atoms with Crippen LogP contribution in [0.25, 0.3) is 0 Å². The molecule has 2 unspecified atom stereocenters. The van der Waals surface area contributed by atoms with Crippen LogP contribution in [-0.4, -0.2) is 32.5 Å². The lowest BCUT2D eigenvalue weighted by atomic mass is 9.81. The van der Waals surface area contributed by atoms with Crippen LogP contribution < -0.4 is 20.1 Å². The van der Waals surface area contributed by atoms with E-state index in [0.29, 0.717) is 31.2 Å². The summed E-state index contributed by atoms with van der Waals surface area (Å²) >= 11 is 0. The topological polar surface area (TPSA) is 54.9 Å². The van der Waals surface area contributed by atoms with Gasteiger partial charge in [0.2, 0.25) is 6.79 Å². The van der Waals surface area contributed by atoms with Gasteiger partial charge in [-0.3, -0.25) is 4.99 Å². The minimum Gasteiger partial charge on any atom is -0.454 e. The van der Waals surface area contributed by atoms with E-state index in [4.69, 9.17) is 9.47 Å². The van der Waals surface area contributed by atoms with Crippen molar-refractivity contribution < 1.29 is 22.6 Å². The third-order valence-electron chi connectivity index (χ3n) is 4.95. The summed E-state index contributed by atoms with van der Waals surface area (Å²) in [4.78, 5) is 4.15. The van der Waals surface area contributed by atoms with Gasteiger partial charge in [-0.15, -0.1) is 24.0 Å². The normalized spacial score (nSPS) is 22.1. The number of para-hydroxylation sites is 1. The quantitative estimate of drug-likeness (QED) is 0.373. The maximum Gasteiger partial charge on any atom is 0.391 e. The van der Waals surface area contributed by atoms with E-state index in [1.165, 1.54) is 0 Å². The second kappa shape index (κ2) is 9.70. The Kier molecular flexibility index (Phi) is 7.87.